The number of H-pyrrole nitrogens is 1. The summed E-state index contributed by atoms with van der Waals surface area (Å²) < 4.78 is 6.05. The quantitative estimate of drug-likeness (QED) is 0.751. The van der Waals surface area contributed by atoms with Gasteiger partial charge in [-0.1, -0.05) is 23.8 Å². The van der Waals surface area contributed by atoms with Gasteiger partial charge in [-0.25, -0.2) is 0 Å². The molecule has 0 spiro atoms. The molecule has 2 aromatic rings. The molecule has 2 N–H and O–H groups in total. The van der Waals surface area contributed by atoms with Gasteiger partial charge < -0.3 is 14.8 Å². The van der Waals surface area contributed by atoms with Crippen LogP contribution in [0.4, 0.5) is 0 Å². The van der Waals surface area contributed by atoms with Gasteiger partial charge in [0.15, 0.2) is 0 Å². The Labute approximate surface area is 157 Å². The molecule has 136 valence electrons. The number of benzene rings is 1. The molecule has 1 atom stereocenters. The number of rotatable bonds is 5. The van der Waals surface area contributed by atoms with Crippen molar-refractivity contribution in [3.8, 4) is 6.07 Å². The molecule has 1 unspecified atom stereocenters. The van der Waals surface area contributed by atoms with E-state index in [4.69, 9.17) is 16.3 Å². The van der Waals surface area contributed by atoms with Gasteiger partial charge in [0.1, 0.15) is 11.7 Å². The number of carboxylic acid groups (broad SMARTS) is 1. The summed E-state index contributed by atoms with van der Waals surface area (Å²) in [5.74, 6) is -0.917. The smallest absolute Gasteiger partial charge is 0.306 e. The summed E-state index contributed by atoms with van der Waals surface area (Å²) in [4.78, 5) is 14.9. The predicted octanol–water partition coefficient (Wildman–Crippen LogP) is 4.60. The third kappa shape index (κ3) is 3.00. The molecule has 0 fully saturated rings. The Morgan fingerprint density at radius 1 is 1.58 bits per heavy atom. The van der Waals surface area contributed by atoms with Gasteiger partial charge in [0.05, 0.1) is 34.8 Å². The van der Waals surface area contributed by atoms with Crippen LogP contribution >= 0.6 is 11.6 Å². The van der Waals surface area contributed by atoms with E-state index in [2.05, 4.69) is 11.1 Å². The highest BCUT2D eigenvalue weighted by atomic mass is 35.5. The van der Waals surface area contributed by atoms with Crippen LogP contribution in [0.1, 0.15) is 48.6 Å². The fourth-order valence-electron chi connectivity index (χ4n) is 3.88. The Balaban J connectivity index is 2.27. The third-order valence-corrected chi connectivity index (χ3v) is 5.31. The number of nitriles is 1. The van der Waals surface area contributed by atoms with E-state index in [0.29, 0.717) is 42.0 Å². The van der Waals surface area contributed by atoms with E-state index in [0.717, 1.165) is 22.2 Å². The number of ether oxygens (including phenoxy) is 1. The zero-order valence-corrected chi connectivity index (χ0v) is 15.6. The molecule has 0 radical (unpaired) electrons. The highest BCUT2D eigenvalue weighted by molar-refractivity contribution is 6.35. The minimum atomic E-state index is -0.943. The zero-order chi connectivity index (χ0) is 18.9. The lowest BCUT2D eigenvalue weighted by molar-refractivity contribution is -0.149. The fourth-order valence-corrected chi connectivity index (χ4v) is 4.19. The molecule has 0 bridgehead atoms. The SMILES string of the molecule is C/C=C/CCC1(CC(=O)O)OCCc2c1[nH]c1c(Cl)cc(C)c(C#N)c21. The number of aromatic nitrogens is 1. The number of halogens is 1. The standard InChI is InChI=1S/C20H21ClN2O3/c1-3-4-5-7-20(10-16(24)25)19-13(6-8-26-20)17-14(11-22)12(2)9-15(21)18(17)23-19/h3-4,9,23H,5-8,10H2,1-2H3,(H,24,25)/b4-3+. The van der Waals surface area contributed by atoms with Crippen LogP contribution in [-0.2, 0) is 21.6 Å². The number of aryl methyl sites for hydroxylation is 1. The fraction of sp³-hybridized carbons (Fsp3) is 0.400. The predicted molar refractivity (Wildman–Crippen MR) is 100 cm³/mol. The summed E-state index contributed by atoms with van der Waals surface area (Å²) >= 11 is 6.43. The number of aliphatic carboxylic acids is 1. The molecule has 5 nitrogen and oxygen atoms in total. The van der Waals surface area contributed by atoms with Crippen LogP contribution in [0.5, 0.6) is 0 Å². The second-order valence-corrected chi connectivity index (χ2v) is 7.07. The Kier molecular flexibility index (Phi) is 5.08. The molecule has 0 aliphatic carbocycles. The Hall–Kier alpha value is -2.29. The van der Waals surface area contributed by atoms with E-state index >= 15 is 0 Å². The summed E-state index contributed by atoms with van der Waals surface area (Å²) in [5, 5.41) is 20.5. The third-order valence-electron chi connectivity index (χ3n) is 5.02. The van der Waals surface area contributed by atoms with Crippen molar-refractivity contribution in [2.45, 2.75) is 45.1 Å². The van der Waals surface area contributed by atoms with Crippen molar-refractivity contribution in [2.75, 3.05) is 6.61 Å². The summed E-state index contributed by atoms with van der Waals surface area (Å²) in [6.07, 6.45) is 5.68. The molecule has 2 heterocycles. The lowest BCUT2D eigenvalue weighted by atomic mass is 9.84. The number of allylic oxidation sites excluding steroid dienone is 2. The van der Waals surface area contributed by atoms with Crippen LogP contribution in [0.2, 0.25) is 5.02 Å². The highest BCUT2D eigenvalue weighted by Gasteiger charge is 2.42. The largest absolute Gasteiger partial charge is 0.481 e. The number of hydrogen-bond acceptors (Lipinski definition) is 3. The second-order valence-electron chi connectivity index (χ2n) is 6.66. The maximum atomic E-state index is 11.6. The number of fused-ring (bicyclic) bond motifs is 3. The van der Waals surface area contributed by atoms with Crippen LogP contribution in [0.25, 0.3) is 10.9 Å². The maximum absolute atomic E-state index is 11.6. The minimum Gasteiger partial charge on any atom is -0.481 e. The first kappa shape index (κ1) is 18.5. The van der Waals surface area contributed by atoms with Crippen molar-refractivity contribution >= 4 is 28.5 Å². The molecule has 1 aromatic heterocycles. The van der Waals surface area contributed by atoms with Crippen LogP contribution in [0.3, 0.4) is 0 Å². The number of nitrogens with one attached hydrogen (secondary N) is 1. The van der Waals surface area contributed by atoms with Gasteiger partial charge in [0, 0.05) is 5.39 Å². The first-order valence-electron chi connectivity index (χ1n) is 8.64. The summed E-state index contributed by atoms with van der Waals surface area (Å²) in [6, 6.07) is 4.04. The number of carbonyl (C=O) groups is 1. The monoisotopic (exact) mass is 372 g/mol. The van der Waals surface area contributed by atoms with Crippen LogP contribution in [-0.4, -0.2) is 22.7 Å². The van der Waals surface area contributed by atoms with Crippen LogP contribution in [0.15, 0.2) is 18.2 Å². The molecule has 1 aliphatic heterocycles. The van der Waals surface area contributed by atoms with Gasteiger partial charge in [-0.3, -0.25) is 4.79 Å². The lowest BCUT2D eigenvalue weighted by Gasteiger charge is -2.36. The van der Waals surface area contributed by atoms with Crippen molar-refractivity contribution in [3.63, 3.8) is 0 Å². The van der Waals surface area contributed by atoms with Crippen LogP contribution in [0, 0.1) is 18.3 Å². The van der Waals surface area contributed by atoms with E-state index in [1.54, 1.807) is 6.07 Å². The first-order chi connectivity index (χ1) is 12.4. The molecular formula is C20H21ClN2O3. The second kappa shape index (κ2) is 7.14. The molecule has 1 aliphatic rings. The van der Waals surface area contributed by atoms with Gasteiger partial charge in [0.25, 0.3) is 0 Å². The Bertz CT molecular complexity index is 939. The van der Waals surface area contributed by atoms with E-state index in [1.165, 1.54) is 0 Å². The lowest BCUT2D eigenvalue weighted by Crippen LogP contribution is -2.38. The summed E-state index contributed by atoms with van der Waals surface area (Å²) in [6.45, 7) is 4.21. The van der Waals surface area contributed by atoms with E-state index in [9.17, 15) is 15.2 Å². The first-order valence-corrected chi connectivity index (χ1v) is 9.02. The zero-order valence-electron chi connectivity index (χ0n) is 14.9. The van der Waals surface area contributed by atoms with Crippen molar-refractivity contribution in [3.05, 3.63) is 45.6 Å². The average molecular weight is 373 g/mol. The average Bonchev–Trinajstić information content (AvgIpc) is 2.97. The molecule has 1 aromatic carbocycles. The molecule has 26 heavy (non-hydrogen) atoms. The van der Waals surface area contributed by atoms with Crippen molar-refractivity contribution in [2.24, 2.45) is 0 Å². The molecule has 6 heteroatoms. The molecule has 3 rings (SSSR count). The molecule has 0 saturated heterocycles. The van der Waals surface area contributed by atoms with Crippen molar-refractivity contribution in [1.29, 1.82) is 5.26 Å². The van der Waals surface area contributed by atoms with E-state index in [-0.39, 0.29) is 6.42 Å². The highest BCUT2D eigenvalue weighted by Crippen LogP contribution is 2.44. The minimum absolute atomic E-state index is 0.136. The Morgan fingerprint density at radius 2 is 2.35 bits per heavy atom. The number of hydrogen-bond donors (Lipinski definition) is 2. The van der Waals surface area contributed by atoms with E-state index < -0.39 is 11.6 Å². The van der Waals surface area contributed by atoms with Gasteiger partial charge >= 0.3 is 5.97 Å². The molecule has 0 amide bonds. The van der Waals surface area contributed by atoms with Gasteiger partial charge in [-0.2, -0.15) is 5.26 Å². The number of nitrogens with zero attached hydrogens (tertiary/aromatic N) is 1. The van der Waals surface area contributed by atoms with Gasteiger partial charge in [-0.05, 0) is 50.3 Å². The van der Waals surface area contributed by atoms with Gasteiger partial charge in [0.2, 0.25) is 0 Å². The van der Waals surface area contributed by atoms with E-state index in [1.807, 2.05) is 26.0 Å². The molecule has 0 saturated carbocycles. The summed E-state index contributed by atoms with van der Waals surface area (Å²) in [5.41, 5.74) is 2.84. The van der Waals surface area contributed by atoms with Gasteiger partial charge in [-0.15, -0.1) is 0 Å². The maximum Gasteiger partial charge on any atom is 0.306 e. The van der Waals surface area contributed by atoms with Crippen molar-refractivity contribution < 1.29 is 14.6 Å². The molecular weight excluding hydrogens is 352 g/mol. The number of carboxylic acids is 1. The topological polar surface area (TPSA) is 86.1 Å². The Morgan fingerprint density at radius 3 is 3.00 bits per heavy atom. The number of aromatic amines is 1. The normalized spacial score (nSPS) is 19.6. The van der Waals surface area contributed by atoms with Crippen LogP contribution < -0.4 is 0 Å². The summed E-state index contributed by atoms with van der Waals surface area (Å²) in [7, 11) is 0. The van der Waals surface area contributed by atoms with Crippen molar-refractivity contribution in [1.82, 2.24) is 4.98 Å².